The molecule has 0 rings (SSSR count). The summed E-state index contributed by atoms with van der Waals surface area (Å²) in [7, 11) is 0. The first-order valence-electron chi connectivity index (χ1n) is 9.71. The minimum atomic E-state index is -0.871. The van der Waals surface area contributed by atoms with Gasteiger partial charge in [0.25, 0.3) is 5.09 Å². The molecule has 0 aliphatic carbocycles. The van der Waals surface area contributed by atoms with E-state index in [4.69, 9.17) is 5.11 Å². The van der Waals surface area contributed by atoms with Crippen LogP contribution in [0.1, 0.15) is 84.0 Å². The highest BCUT2D eigenvalue weighted by Gasteiger charge is 2.17. The first-order chi connectivity index (χ1) is 12.9. The molecule has 0 bridgehead atoms. The third-order valence-corrected chi connectivity index (χ3v) is 4.27. The Balaban J connectivity index is 4.34. The van der Waals surface area contributed by atoms with Crippen LogP contribution >= 0.6 is 0 Å². The summed E-state index contributed by atoms with van der Waals surface area (Å²) in [5.41, 5.74) is 0. The fourth-order valence-corrected chi connectivity index (χ4v) is 2.75. The highest BCUT2D eigenvalue weighted by Crippen LogP contribution is 2.14. The molecule has 0 saturated carbocycles. The number of hydrogen-bond donors (Lipinski definition) is 1. The van der Waals surface area contributed by atoms with Crippen LogP contribution in [-0.4, -0.2) is 33.2 Å². The number of carbonyl (C=O) groups is 1. The van der Waals surface area contributed by atoms with Gasteiger partial charge in [-0.05, 0) is 25.3 Å². The maximum atomic E-state index is 11.1. The van der Waals surface area contributed by atoms with Crippen LogP contribution in [0.2, 0.25) is 0 Å². The molecular formula is C18H32N2O7. The predicted molar refractivity (Wildman–Crippen MR) is 101 cm³/mol. The monoisotopic (exact) mass is 388 g/mol. The van der Waals surface area contributed by atoms with Gasteiger partial charge >= 0.3 is 5.97 Å². The Bertz CT molecular complexity index is 469. The van der Waals surface area contributed by atoms with Crippen LogP contribution in [0.15, 0.2) is 12.2 Å². The maximum absolute atomic E-state index is 11.1. The topological polar surface area (TPSA) is 133 Å². The summed E-state index contributed by atoms with van der Waals surface area (Å²) in [5.74, 6) is -0.811. The van der Waals surface area contributed by atoms with Gasteiger partial charge in [0.15, 0.2) is 0 Å². The van der Waals surface area contributed by atoms with Crippen LogP contribution in [0, 0.1) is 20.2 Å². The quantitative estimate of drug-likeness (QED) is 0.157. The summed E-state index contributed by atoms with van der Waals surface area (Å²) in [4.78, 5) is 36.4. The van der Waals surface area contributed by atoms with E-state index in [9.17, 15) is 25.0 Å². The summed E-state index contributed by atoms with van der Waals surface area (Å²) < 4.78 is 0. The van der Waals surface area contributed by atoms with E-state index >= 15 is 0 Å². The molecule has 0 aromatic carbocycles. The zero-order chi connectivity index (χ0) is 20.5. The normalized spacial score (nSPS) is 13.4. The van der Waals surface area contributed by atoms with Crippen molar-refractivity contribution < 1.29 is 24.7 Å². The Kier molecular flexibility index (Phi) is 14.7. The summed E-state index contributed by atoms with van der Waals surface area (Å²) in [6, 6.07) is -0.851. The van der Waals surface area contributed by atoms with E-state index in [1.807, 2.05) is 0 Å². The molecule has 0 aromatic heterocycles. The number of nitro groups is 1. The second-order valence-electron chi connectivity index (χ2n) is 6.65. The van der Waals surface area contributed by atoms with Gasteiger partial charge in [0.1, 0.15) is 6.10 Å². The van der Waals surface area contributed by atoms with Crippen LogP contribution in [-0.2, 0) is 9.63 Å². The molecule has 0 radical (unpaired) electrons. The molecule has 0 fully saturated rings. The molecule has 2 unspecified atom stereocenters. The standard InChI is InChI=1S/C18H32N2O7/c1-2-3-4-8-11-16(19(23)24)14-15-17(27-20(25)26)12-9-6-5-7-10-13-18(21)22/h14-17H,2-13H2,1H3,(H,21,22). The summed E-state index contributed by atoms with van der Waals surface area (Å²) in [5, 5.41) is 29.5. The van der Waals surface area contributed by atoms with E-state index in [2.05, 4.69) is 11.8 Å². The SMILES string of the molecule is CCCCCCC(C=CC(CCCCCCCC(=O)O)O[N+](=O)[O-])[N+](=O)[O-]. The van der Waals surface area contributed by atoms with Gasteiger partial charge in [-0.1, -0.05) is 57.9 Å². The number of carboxylic acid groups (broad SMARTS) is 1. The molecule has 0 heterocycles. The minimum absolute atomic E-state index is 0.149. The van der Waals surface area contributed by atoms with E-state index in [1.54, 1.807) is 0 Å². The lowest BCUT2D eigenvalue weighted by Crippen LogP contribution is -2.19. The first kappa shape index (κ1) is 24.8. The molecule has 0 spiro atoms. The number of nitrogens with zero attached hydrogens (tertiary/aromatic N) is 2. The maximum Gasteiger partial charge on any atom is 0.303 e. The van der Waals surface area contributed by atoms with Crippen molar-refractivity contribution in [1.82, 2.24) is 0 Å². The van der Waals surface area contributed by atoms with E-state index in [0.717, 1.165) is 44.9 Å². The zero-order valence-electron chi connectivity index (χ0n) is 16.1. The van der Waals surface area contributed by atoms with Gasteiger partial charge < -0.3 is 9.94 Å². The fourth-order valence-electron chi connectivity index (χ4n) is 2.75. The number of carboxylic acids is 1. The highest BCUT2D eigenvalue weighted by atomic mass is 17.0. The van der Waals surface area contributed by atoms with Crippen molar-refractivity contribution in [2.75, 3.05) is 0 Å². The third-order valence-electron chi connectivity index (χ3n) is 4.27. The Morgan fingerprint density at radius 3 is 2.15 bits per heavy atom. The minimum Gasteiger partial charge on any atom is -0.481 e. The second-order valence-corrected chi connectivity index (χ2v) is 6.65. The molecule has 0 saturated heterocycles. The number of rotatable bonds is 18. The van der Waals surface area contributed by atoms with Crippen molar-refractivity contribution >= 4 is 5.97 Å². The van der Waals surface area contributed by atoms with Crippen molar-refractivity contribution in [3.63, 3.8) is 0 Å². The van der Waals surface area contributed by atoms with Gasteiger partial charge in [-0.15, -0.1) is 10.1 Å². The Morgan fingerprint density at radius 1 is 0.963 bits per heavy atom. The number of hydrogen-bond acceptors (Lipinski definition) is 6. The molecule has 0 aromatic rings. The second kappa shape index (κ2) is 16.0. The van der Waals surface area contributed by atoms with Crippen molar-refractivity contribution in [2.24, 2.45) is 0 Å². The van der Waals surface area contributed by atoms with Gasteiger partial charge in [-0.3, -0.25) is 14.9 Å². The molecule has 0 aliphatic rings. The van der Waals surface area contributed by atoms with Crippen LogP contribution in [0.3, 0.4) is 0 Å². The Hall–Kier alpha value is -2.19. The molecule has 27 heavy (non-hydrogen) atoms. The van der Waals surface area contributed by atoms with Gasteiger partial charge in [0.2, 0.25) is 6.04 Å². The molecule has 9 heteroatoms. The van der Waals surface area contributed by atoms with Crippen molar-refractivity contribution in [1.29, 1.82) is 0 Å². The van der Waals surface area contributed by atoms with Crippen molar-refractivity contribution in [2.45, 2.75) is 96.1 Å². The largest absolute Gasteiger partial charge is 0.481 e. The molecule has 2 atom stereocenters. The van der Waals surface area contributed by atoms with Crippen LogP contribution in [0.25, 0.3) is 0 Å². The highest BCUT2D eigenvalue weighted by molar-refractivity contribution is 5.66. The predicted octanol–water partition coefficient (Wildman–Crippen LogP) is 4.55. The Morgan fingerprint density at radius 2 is 1.56 bits per heavy atom. The lowest BCUT2D eigenvalue weighted by molar-refractivity contribution is -0.765. The molecule has 156 valence electrons. The lowest BCUT2D eigenvalue weighted by atomic mass is 10.0. The summed E-state index contributed by atoms with van der Waals surface area (Å²) in [6.45, 7) is 2.07. The number of aliphatic carboxylic acids is 1. The van der Waals surface area contributed by atoms with Crippen LogP contribution in [0.4, 0.5) is 0 Å². The lowest BCUT2D eigenvalue weighted by Gasteiger charge is -2.11. The number of unbranched alkanes of at least 4 members (excludes halogenated alkanes) is 7. The fraction of sp³-hybridized carbons (Fsp3) is 0.833. The first-order valence-corrected chi connectivity index (χ1v) is 9.71. The average molecular weight is 388 g/mol. The summed E-state index contributed by atoms with van der Waals surface area (Å²) >= 11 is 0. The molecule has 0 aliphatic heterocycles. The van der Waals surface area contributed by atoms with Gasteiger partial charge in [0, 0.05) is 17.8 Å². The smallest absolute Gasteiger partial charge is 0.303 e. The zero-order valence-corrected chi connectivity index (χ0v) is 16.1. The van der Waals surface area contributed by atoms with E-state index in [0.29, 0.717) is 25.7 Å². The third kappa shape index (κ3) is 15.8. The molecule has 1 N–H and O–H groups in total. The van der Waals surface area contributed by atoms with E-state index in [-0.39, 0.29) is 11.3 Å². The van der Waals surface area contributed by atoms with Gasteiger partial charge in [-0.25, -0.2) is 0 Å². The molecule has 9 nitrogen and oxygen atoms in total. The Labute approximate surface area is 160 Å². The average Bonchev–Trinajstić information content (AvgIpc) is 2.58. The van der Waals surface area contributed by atoms with Gasteiger partial charge in [0.05, 0.1) is 0 Å². The summed E-state index contributed by atoms with van der Waals surface area (Å²) in [6.07, 6.45) is 10.5. The van der Waals surface area contributed by atoms with E-state index < -0.39 is 23.2 Å². The van der Waals surface area contributed by atoms with Crippen molar-refractivity contribution in [3.05, 3.63) is 32.4 Å². The van der Waals surface area contributed by atoms with E-state index in [1.165, 1.54) is 12.2 Å². The molecular weight excluding hydrogens is 356 g/mol. The molecule has 0 amide bonds. The van der Waals surface area contributed by atoms with Gasteiger partial charge in [-0.2, -0.15) is 0 Å². The van der Waals surface area contributed by atoms with Crippen molar-refractivity contribution in [3.8, 4) is 0 Å². The van der Waals surface area contributed by atoms with Crippen LogP contribution in [0.5, 0.6) is 0 Å². The van der Waals surface area contributed by atoms with Crippen LogP contribution < -0.4 is 0 Å².